The second kappa shape index (κ2) is 6.33. The minimum Gasteiger partial charge on any atom is -0.487 e. The molecule has 0 aliphatic carbocycles. The van der Waals surface area contributed by atoms with Crippen molar-refractivity contribution in [2.45, 2.75) is 25.1 Å². The summed E-state index contributed by atoms with van der Waals surface area (Å²) in [6.07, 6.45) is -0.230. The predicted molar refractivity (Wildman–Crippen MR) is 88.3 cm³/mol. The number of pyridine rings is 1. The van der Waals surface area contributed by atoms with Gasteiger partial charge < -0.3 is 4.74 Å². The molecule has 3 aliphatic heterocycles. The highest BCUT2D eigenvalue weighted by atomic mass is 19.4. The fraction of sp³-hybridized carbons (Fsp3) is 0.421. The van der Waals surface area contributed by atoms with E-state index in [1.807, 2.05) is 0 Å². The molecule has 0 spiro atoms. The molecule has 4 heterocycles. The minimum absolute atomic E-state index is 0.184. The lowest BCUT2D eigenvalue weighted by Gasteiger charge is -2.44. The molecule has 5 rings (SSSR count). The van der Waals surface area contributed by atoms with E-state index in [1.165, 1.54) is 18.9 Å². The van der Waals surface area contributed by atoms with Crippen LogP contribution in [0.25, 0.3) is 11.3 Å². The van der Waals surface area contributed by atoms with Gasteiger partial charge in [0.05, 0.1) is 17.5 Å². The van der Waals surface area contributed by atoms with Crippen molar-refractivity contribution in [3.63, 3.8) is 0 Å². The smallest absolute Gasteiger partial charge is 0.416 e. The molecule has 3 fully saturated rings. The fourth-order valence-corrected chi connectivity index (χ4v) is 3.69. The van der Waals surface area contributed by atoms with Gasteiger partial charge in [-0.25, -0.2) is 0 Å². The first-order valence-electron chi connectivity index (χ1n) is 8.52. The highest BCUT2D eigenvalue weighted by Gasteiger charge is 2.35. The minimum atomic E-state index is -4.35. The second-order valence-corrected chi connectivity index (χ2v) is 6.75. The zero-order valence-electron chi connectivity index (χ0n) is 13.7. The molecular formula is C19H19F3N2O. The zero-order chi connectivity index (χ0) is 17.4. The van der Waals surface area contributed by atoms with Crippen LogP contribution in [0.2, 0.25) is 0 Å². The number of alkyl halides is 3. The number of hydrogen-bond acceptors (Lipinski definition) is 3. The topological polar surface area (TPSA) is 25.4 Å². The van der Waals surface area contributed by atoms with Gasteiger partial charge in [0.15, 0.2) is 0 Å². The Hall–Kier alpha value is -2.08. The van der Waals surface area contributed by atoms with Gasteiger partial charge >= 0.3 is 6.18 Å². The number of fused-ring (bicyclic) bond motifs is 3. The molecule has 3 saturated heterocycles. The van der Waals surface area contributed by atoms with Crippen molar-refractivity contribution in [2.24, 2.45) is 5.92 Å². The van der Waals surface area contributed by atoms with Crippen LogP contribution in [-0.4, -0.2) is 35.6 Å². The average Bonchev–Trinajstić information content (AvgIpc) is 2.63. The summed E-state index contributed by atoms with van der Waals surface area (Å²) in [5.74, 6) is 1.27. The van der Waals surface area contributed by atoms with Crippen LogP contribution in [0.3, 0.4) is 0 Å². The molecule has 0 radical (unpaired) electrons. The molecule has 1 atom stereocenters. The standard InChI is InChI=1S/C19H19F3N2O/c20-19(21,22)15-3-1-2-14(10-15)17-5-4-16(11-23-17)25-18-12-24-8-6-13(18)7-9-24/h1-5,10-11,13,18H,6-9,12H2/t18-/m0/s1. The number of benzene rings is 1. The number of piperidine rings is 3. The third-order valence-corrected chi connectivity index (χ3v) is 5.11. The molecule has 25 heavy (non-hydrogen) atoms. The van der Waals surface area contributed by atoms with Crippen molar-refractivity contribution in [3.05, 3.63) is 48.2 Å². The first-order chi connectivity index (χ1) is 12.0. The lowest BCUT2D eigenvalue weighted by atomic mass is 9.86. The predicted octanol–water partition coefficient (Wildman–Crippen LogP) is 4.24. The molecule has 2 bridgehead atoms. The Morgan fingerprint density at radius 3 is 2.48 bits per heavy atom. The normalized spacial score (nSPS) is 25.8. The van der Waals surface area contributed by atoms with Crippen LogP contribution in [0, 0.1) is 5.92 Å². The molecule has 0 unspecified atom stereocenters. The molecule has 1 aromatic carbocycles. The highest BCUT2D eigenvalue weighted by molar-refractivity contribution is 5.60. The summed E-state index contributed by atoms with van der Waals surface area (Å²) in [5.41, 5.74) is 0.288. The maximum atomic E-state index is 12.8. The zero-order valence-corrected chi connectivity index (χ0v) is 13.7. The van der Waals surface area contributed by atoms with E-state index in [0.717, 1.165) is 31.8 Å². The van der Waals surface area contributed by atoms with Gasteiger partial charge in [-0.3, -0.25) is 9.88 Å². The monoisotopic (exact) mass is 348 g/mol. The summed E-state index contributed by atoms with van der Waals surface area (Å²) in [7, 11) is 0. The maximum absolute atomic E-state index is 12.8. The number of hydrogen-bond donors (Lipinski definition) is 0. The molecule has 0 amide bonds. The number of halogens is 3. The van der Waals surface area contributed by atoms with E-state index >= 15 is 0 Å². The molecule has 1 aromatic heterocycles. The SMILES string of the molecule is FC(F)(F)c1cccc(-c2ccc(O[C@H]3CN4CCC3CC4)cn2)c1. The molecule has 6 heteroatoms. The third-order valence-electron chi connectivity index (χ3n) is 5.11. The van der Waals surface area contributed by atoms with Crippen LogP contribution in [0.4, 0.5) is 13.2 Å². The van der Waals surface area contributed by atoms with Gasteiger partial charge in [-0.05, 0) is 56.1 Å². The van der Waals surface area contributed by atoms with Crippen LogP contribution in [0.1, 0.15) is 18.4 Å². The van der Waals surface area contributed by atoms with Gasteiger partial charge in [0, 0.05) is 12.1 Å². The van der Waals surface area contributed by atoms with Gasteiger partial charge in [0.2, 0.25) is 0 Å². The van der Waals surface area contributed by atoms with Crippen molar-refractivity contribution in [3.8, 4) is 17.0 Å². The Morgan fingerprint density at radius 2 is 1.88 bits per heavy atom. The van der Waals surface area contributed by atoms with Gasteiger partial charge in [-0.2, -0.15) is 13.2 Å². The summed E-state index contributed by atoms with van der Waals surface area (Å²) in [4.78, 5) is 6.71. The molecular weight excluding hydrogens is 329 g/mol. The number of nitrogens with zero attached hydrogens (tertiary/aromatic N) is 2. The van der Waals surface area contributed by atoms with Crippen LogP contribution < -0.4 is 4.74 Å². The lowest BCUT2D eigenvalue weighted by Crippen LogP contribution is -2.52. The molecule has 3 nitrogen and oxygen atoms in total. The summed E-state index contributed by atoms with van der Waals surface area (Å²) >= 11 is 0. The van der Waals surface area contributed by atoms with Gasteiger partial charge in [-0.15, -0.1) is 0 Å². The van der Waals surface area contributed by atoms with Crippen molar-refractivity contribution in [1.82, 2.24) is 9.88 Å². The van der Waals surface area contributed by atoms with Crippen LogP contribution in [0.5, 0.6) is 5.75 Å². The third kappa shape index (κ3) is 3.49. The van der Waals surface area contributed by atoms with Crippen LogP contribution in [-0.2, 0) is 6.18 Å². The molecule has 3 aliphatic rings. The van der Waals surface area contributed by atoms with Crippen molar-refractivity contribution < 1.29 is 17.9 Å². The quantitative estimate of drug-likeness (QED) is 0.830. The Labute approximate surface area is 144 Å². The molecule has 132 valence electrons. The Balaban J connectivity index is 1.49. The molecule has 0 saturated carbocycles. The second-order valence-electron chi connectivity index (χ2n) is 6.75. The van der Waals surface area contributed by atoms with Crippen molar-refractivity contribution in [2.75, 3.05) is 19.6 Å². The van der Waals surface area contributed by atoms with E-state index in [2.05, 4.69) is 9.88 Å². The summed E-state index contributed by atoms with van der Waals surface area (Å²) in [6, 6.07) is 8.72. The first-order valence-corrected chi connectivity index (χ1v) is 8.52. The largest absolute Gasteiger partial charge is 0.487 e. The van der Waals surface area contributed by atoms with E-state index in [-0.39, 0.29) is 6.10 Å². The fourth-order valence-electron chi connectivity index (χ4n) is 3.69. The van der Waals surface area contributed by atoms with Gasteiger partial charge in [-0.1, -0.05) is 12.1 Å². The van der Waals surface area contributed by atoms with Gasteiger partial charge in [0.25, 0.3) is 0 Å². The van der Waals surface area contributed by atoms with Crippen molar-refractivity contribution >= 4 is 0 Å². The van der Waals surface area contributed by atoms with E-state index in [0.29, 0.717) is 22.9 Å². The molecule has 2 aromatic rings. The first kappa shape index (κ1) is 16.4. The van der Waals surface area contributed by atoms with Crippen molar-refractivity contribution in [1.29, 1.82) is 0 Å². The van der Waals surface area contributed by atoms with E-state index in [1.54, 1.807) is 24.4 Å². The Bertz CT molecular complexity index is 737. The lowest BCUT2D eigenvalue weighted by molar-refractivity contribution is -0.137. The summed E-state index contributed by atoms with van der Waals surface area (Å²) < 4.78 is 44.6. The Kier molecular flexibility index (Phi) is 4.15. The highest BCUT2D eigenvalue weighted by Crippen LogP contribution is 2.33. The number of rotatable bonds is 3. The van der Waals surface area contributed by atoms with Crippen LogP contribution >= 0.6 is 0 Å². The van der Waals surface area contributed by atoms with E-state index < -0.39 is 11.7 Å². The number of aromatic nitrogens is 1. The Morgan fingerprint density at radius 1 is 1.08 bits per heavy atom. The van der Waals surface area contributed by atoms with Crippen LogP contribution in [0.15, 0.2) is 42.6 Å². The summed E-state index contributed by atoms with van der Waals surface area (Å²) in [5, 5.41) is 0. The van der Waals surface area contributed by atoms with E-state index in [4.69, 9.17) is 4.74 Å². The van der Waals surface area contributed by atoms with E-state index in [9.17, 15) is 13.2 Å². The van der Waals surface area contributed by atoms with Gasteiger partial charge in [0.1, 0.15) is 11.9 Å². The maximum Gasteiger partial charge on any atom is 0.416 e. The summed E-state index contributed by atoms with van der Waals surface area (Å²) in [6.45, 7) is 3.24. The number of ether oxygens (including phenoxy) is 1. The average molecular weight is 348 g/mol. The molecule has 0 N–H and O–H groups in total.